The highest BCUT2D eigenvalue weighted by molar-refractivity contribution is 9.13. The zero-order valence-corrected chi connectivity index (χ0v) is 16.4. The lowest BCUT2D eigenvalue weighted by Gasteiger charge is -2.55. The highest BCUT2D eigenvalue weighted by Gasteiger charge is 2.50. The van der Waals surface area contributed by atoms with Crippen molar-refractivity contribution < 1.29 is 9.84 Å². The molecule has 3 nitrogen and oxygen atoms in total. The molecule has 1 aromatic carbocycles. The first-order valence-corrected chi connectivity index (χ1v) is 9.88. The molecule has 1 aromatic rings. The Hall–Kier alpha value is -0.550. The molecule has 1 N–H and O–H groups in total. The summed E-state index contributed by atoms with van der Waals surface area (Å²) < 4.78 is 6.94. The van der Waals surface area contributed by atoms with Crippen molar-refractivity contribution in [1.29, 1.82) is 0 Å². The Balaban J connectivity index is 1.68. The van der Waals surface area contributed by atoms with E-state index in [-0.39, 0.29) is 11.3 Å². The Morgan fingerprint density at radius 2 is 1.74 bits per heavy atom. The molecule has 124 valence electrons. The van der Waals surface area contributed by atoms with Crippen LogP contribution in [-0.4, -0.2) is 24.0 Å². The lowest BCUT2D eigenvalue weighted by atomic mass is 9.53. The first-order chi connectivity index (χ1) is 11.0. The van der Waals surface area contributed by atoms with Crippen molar-refractivity contribution in [2.75, 3.05) is 7.11 Å². The molecule has 4 fully saturated rings. The Morgan fingerprint density at radius 3 is 2.26 bits per heavy atom. The summed E-state index contributed by atoms with van der Waals surface area (Å²) >= 11 is 7.06. The Morgan fingerprint density at radius 1 is 1.17 bits per heavy atom. The third-order valence-electron chi connectivity index (χ3n) is 5.89. The normalized spacial score (nSPS) is 35.2. The second-order valence-electron chi connectivity index (χ2n) is 7.54. The monoisotopic (exact) mass is 441 g/mol. The van der Waals surface area contributed by atoms with E-state index in [1.165, 1.54) is 38.5 Å². The average molecular weight is 443 g/mol. The summed E-state index contributed by atoms with van der Waals surface area (Å²) in [5, 5.41) is 10.4. The minimum atomic E-state index is 0.107. The van der Waals surface area contributed by atoms with E-state index in [4.69, 9.17) is 9.73 Å². The zero-order chi connectivity index (χ0) is 16.2. The second kappa shape index (κ2) is 5.76. The van der Waals surface area contributed by atoms with Crippen LogP contribution in [0.1, 0.15) is 44.1 Å². The van der Waals surface area contributed by atoms with Gasteiger partial charge in [0.05, 0.1) is 18.2 Å². The molecule has 0 aromatic heterocycles. The van der Waals surface area contributed by atoms with Gasteiger partial charge in [-0.15, -0.1) is 0 Å². The van der Waals surface area contributed by atoms with Crippen LogP contribution in [0.4, 0.5) is 0 Å². The number of benzene rings is 1. The van der Waals surface area contributed by atoms with Crippen molar-refractivity contribution >= 4 is 38.1 Å². The number of methoxy groups -OCH3 is 1. The maximum atomic E-state index is 10.4. The van der Waals surface area contributed by atoms with Gasteiger partial charge in [0.25, 0.3) is 0 Å². The minimum Gasteiger partial charge on any atom is -0.504 e. The zero-order valence-electron chi connectivity index (χ0n) is 13.2. The fourth-order valence-corrected chi connectivity index (χ4v) is 6.14. The van der Waals surface area contributed by atoms with Crippen LogP contribution < -0.4 is 4.74 Å². The Kier molecular flexibility index (Phi) is 4.00. The SMILES string of the molecule is COc1cc(Br)c(Br)c(C=NC23CC4CC(CC(C4)C2)C3)c1O. The van der Waals surface area contributed by atoms with Gasteiger partial charge in [0.2, 0.25) is 0 Å². The maximum absolute atomic E-state index is 10.4. The summed E-state index contributed by atoms with van der Waals surface area (Å²) in [5.41, 5.74) is 0.808. The summed E-state index contributed by atoms with van der Waals surface area (Å²) in [6.07, 6.45) is 9.76. The number of ether oxygens (including phenoxy) is 1. The van der Waals surface area contributed by atoms with E-state index < -0.39 is 0 Å². The fourth-order valence-electron chi connectivity index (χ4n) is 5.31. The van der Waals surface area contributed by atoms with Crippen molar-refractivity contribution in [3.05, 3.63) is 20.6 Å². The van der Waals surface area contributed by atoms with Gasteiger partial charge in [0, 0.05) is 15.2 Å². The molecule has 4 aliphatic carbocycles. The van der Waals surface area contributed by atoms with Crippen LogP contribution in [0, 0.1) is 17.8 Å². The van der Waals surface area contributed by atoms with Crippen molar-refractivity contribution in [2.24, 2.45) is 22.7 Å². The van der Waals surface area contributed by atoms with E-state index in [9.17, 15) is 5.11 Å². The molecule has 0 radical (unpaired) electrons. The molecule has 4 aliphatic rings. The molecule has 0 spiro atoms. The van der Waals surface area contributed by atoms with Crippen molar-refractivity contribution in [3.63, 3.8) is 0 Å². The van der Waals surface area contributed by atoms with Gasteiger partial charge in [-0.25, -0.2) is 0 Å². The van der Waals surface area contributed by atoms with Gasteiger partial charge in [-0.05, 0) is 94.2 Å². The molecule has 23 heavy (non-hydrogen) atoms. The van der Waals surface area contributed by atoms with Gasteiger partial charge in [-0.2, -0.15) is 0 Å². The predicted octanol–water partition coefficient (Wildman–Crippen LogP) is 5.31. The standard InChI is InChI=1S/C18H21Br2NO2/c1-23-15-5-14(19)16(20)13(17(15)22)9-21-18-6-10-2-11(7-18)4-12(3-10)8-18/h5,9-12,22H,2-4,6-8H2,1H3. The number of aliphatic imine (C=N–C) groups is 1. The minimum absolute atomic E-state index is 0.107. The highest BCUT2D eigenvalue weighted by atomic mass is 79.9. The molecule has 0 atom stereocenters. The van der Waals surface area contributed by atoms with Gasteiger partial charge >= 0.3 is 0 Å². The van der Waals surface area contributed by atoms with Gasteiger partial charge in [-0.1, -0.05) is 0 Å². The van der Waals surface area contributed by atoms with E-state index in [0.29, 0.717) is 11.3 Å². The number of hydrogen-bond donors (Lipinski definition) is 1. The molecule has 4 bridgehead atoms. The summed E-state index contributed by atoms with van der Waals surface area (Å²) in [5.74, 6) is 3.22. The number of halogens is 2. The van der Waals surface area contributed by atoms with Crippen LogP contribution >= 0.6 is 31.9 Å². The summed E-state index contributed by atoms with van der Waals surface area (Å²) in [7, 11) is 1.56. The Bertz CT molecular complexity index is 636. The molecule has 4 saturated carbocycles. The molecular weight excluding hydrogens is 422 g/mol. The molecule has 5 heteroatoms. The van der Waals surface area contributed by atoms with E-state index >= 15 is 0 Å². The second-order valence-corrected chi connectivity index (χ2v) is 9.18. The van der Waals surface area contributed by atoms with Crippen LogP contribution in [0.15, 0.2) is 20.0 Å². The number of nitrogens with zero attached hydrogens (tertiary/aromatic N) is 1. The molecule has 0 unspecified atom stereocenters. The smallest absolute Gasteiger partial charge is 0.167 e. The third kappa shape index (κ3) is 2.74. The fraction of sp³-hybridized carbons (Fsp3) is 0.611. The van der Waals surface area contributed by atoms with Crippen LogP contribution in [0.25, 0.3) is 0 Å². The van der Waals surface area contributed by atoms with Crippen LogP contribution in [0.2, 0.25) is 0 Å². The molecule has 0 heterocycles. The van der Waals surface area contributed by atoms with E-state index in [1.54, 1.807) is 13.2 Å². The average Bonchev–Trinajstić information content (AvgIpc) is 2.49. The van der Waals surface area contributed by atoms with Crippen LogP contribution in [-0.2, 0) is 0 Å². The van der Waals surface area contributed by atoms with Gasteiger partial charge < -0.3 is 9.84 Å². The summed E-state index contributed by atoms with van der Waals surface area (Å²) in [4.78, 5) is 5.03. The lowest BCUT2D eigenvalue weighted by molar-refractivity contribution is 0.00194. The predicted molar refractivity (Wildman–Crippen MR) is 98.6 cm³/mol. The maximum Gasteiger partial charge on any atom is 0.167 e. The molecular formula is C18H21Br2NO2. The van der Waals surface area contributed by atoms with Gasteiger partial charge in [0.15, 0.2) is 11.5 Å². The molecule has 0 aliphatic heterocycles. The van der Waals surface area contributed by atoms with E-state index in [2.05, 4.69) is 31.9 Å². The lowest BCUT2D eigenvalue weighted by Crippen LogP contribution is -2.49. The quantitative estimate of drug-likeness (QED) is 0.644. The van der Waals surface area contributed by atoms with E-state index in [0.717, 1.165) is 26.7 Å². The molecule has 0 saturated heterocycles. The summed E-state index contributed by atoms with van der Waals surface area (Å²) in [6, 6.07) is 1.77. The van der Waals surface area contributed by atoms with E-state index in [1.807, 2.05) is 6.21 Å². The first kappa shape index (κ1) is 15.9. The first-order valence-electron chi connectivity index (χ1n) is 8.30. The number of aromatic hydroxyl groups is 1. The highest BCUT2D eigenvalue weighted by Crippen LogP contribution is 2.57. The van der Waals surface area contributed by atoms with Gasteiger partial charge in [0.1, 0.15) is 0 Å². The van der Waals surface area contributed by atoms with Crippen molar-refractivity contribution in [1.82, 2.24) is 0 Å². The number of hydrogen-bond acceptors (Lipinski definition) is 3. The topological polar surface area (TPSA) is 41.8 Å². The Labute approximate surface area is 153 Å². The van der Waals surface area contributed by atoms with Crippen molar-refractivity contribution in [3.8, 4) is 11.5 Å². The number of phenolic OH excluding ortho intramolecular Hbond substituents is 1. The number of rotatable bonds is 3. The van der Waals surface area contributed by atoms with Crippen LogP contribution in [0.3, 0.4) is 0 Å². The molecule has 5 rings (SSSR count). The summed E-state index contributed by atoms with van der Waals surface area (Å²) in [6.45, 7) is 0. The molecule has 0 amide bonds. The van der Waals surface area contributed by atoms with Crippen molar-refractivity contribution in [2.45, 2.75) is 44.1 Å². The third-order valence-corrected chi connectivity index (χ3v) is 7.90. The number of phenols is 1. The van der Waals surface area contributed by atoms with Crippen LogP contribution in [0.5, 0.6) is 11.5 Å². The van der Waals surface area contributed by atoms with Gasteiger partial charge in [-0.3, -0.25) is 4.99 Å². The largest absolute Gasteiger partial charge is 0.504 e.